The lowest BCUT2D eigenvalue weighted by atomic mass is 10.0. The molecular formula is C18H26O2. The maximum Gasteiger partial charge on any atom is 0.120 e. The lowest BCUT2D eigenvalue weighted by molar-refractivity contribution is 0.233. The molecule has 1 atom stereocenters. The summed E-state index contributed by atoms with van der Waals surface area (Å²) in [6.07, 6.45) is 5.43. The van der Waals surface area contributed by atoms with Crippen LogP contribution in [0.3, 0.4) is 0 Å². The third-order valence-electron chi connectivity index (χ3n) is 3.33. The molecule has 0 bridgehead atoms. The minimum atomic E-state index is 0.110. The van der Waals surface area contributed by atoms with E-state index < -0.39 is 0 Å². The zero-order valence-corrected chi connectivity index (χ0v) is 12.7. The van der Waals surface area contributed by atoms with Crippen LogP contribution in [0.15, 0.2) is 24.3 Å². The van der Waals surface area contributed by atoms with Gasteiger partial charge in [-0.05, 0) is 30.5 Å². The van der Waals surface area contributed by atoms with E-state index in [1.807, 2.05) is 24.3 Å². The van der Waals surface area contributed by atoms with Gasteiger partial charge in [-0.25, -0.2) is 0 Å². The second-order valence-electron chi connectivity index (χ2n) is 5.03. The van der Waals surface area contributed by atoms with Gasteiger partial charge in [0, 0.05) is 12.0 Å². The van der Waals surface area contributed by atoms with Crippen LogP contribution in [0.2, 0.25) is 0 Å². The Morgan fingerprint density at radius 2 is 2.15 bits per heavy atom. The monoisotopic (exact) mass is 274 g/mol. The van der Waals surface area contributed by atoms with Gasteiger partial charge in [-0.1, -0.05) is 51.0 Å². The van der Waals surface area contributed by atoms with E-state index in [4.69, 9.17) is 9.84 Å². The molecule has 20 heavy (non-hydrogen) atoms. The Labute approximate surface area is 123 Å². The van der Waals surface area contributed by atoms with Crippen molar-refractivity contribution in [3.63, 3.8) is 0 Å². The minimum Gasteiger partial charge on any atom is -0.493 e. The van der Waals surface area contributed by atoms with Gasteiger partial charge in [0.1, 0.15) is 5.75 Å². The minimum absolute atomic E-state index is 0.110. The first-order valence-corrected chi connectivity index (χ1v) is 7.62. The highest BCUT2D eigenvalue weighted by Gasteiger charge is 2.06. The third kappa shape index (κ3) is 6.63. The Kier molecular flexibility index (Phi) is 8.58. The van der Waals surface area contributed by atoms with Crippen LogP contribution < -0.4 is 4.74 Å². The Morgan fingerprint density at radius 1 is 1.30 bits per heavy atom. The zero-order valence-electron chi connectivity index (χ0n) is 12.7. The summed E-state index contributed by atoms with van der Waals surface area (Å²) in [7, 11) is 0. The summed E-state index contributed by atoms with van der Waals surface area (Å²) in [5.41, 5.74) is 0.942. The van der Waals surface area contributed by atoms with Crippen molar-refractivity contribution < 1.29 is 9.84 Å². The molecule has 0 fully saturated rings. The van der Waals surface area contributed by atoms with Crippen LogP contribution in [0.25, 0.3) is 0 Å². The van der Waals surface area contributed by atoms with Gasteiger partial charge in [0.05, 0.1) is 13.2 Å². The number of aliphatic hydroxyl groups is 1. The smallest absolute Gasteiger partial charge is 0.120 e. The second-order valence-corrected chi connectivity index (χ2v) is 5.03. The van der Waals surface area contributed by atoms with Crippen molar-refractivity contribution in [1.29, 1.82) is 0 Å². The Morgan fingerprint density at radius 3 is 2.85 bits per heavy atom. The summed E-state index contributed by atoms with van der Waals surface area (Å²) >= 11 is 0. The first-order valence-electron chi connectivity index (χ1n) is 7.62. The van der Waals surface area contributed by atoms with E-state index in [-0.39, 0.29) is 6.61 Å². The summed E-state index contributed by atoms with van der Waals surface area (Å²) in [4.78, 5) is 0. The molecule has 110 valence electrons. The van der Waals surface area contributed by atoms with Crippen LogP contribution in [-0.2, 0) is 0 Å². The number of aliphatic hydroxyl groups excluding tert-OH is 1. The highest BCUT2D eigenvalue weighted by atomic mass is 16.5. The van der Waals surface area contributed by atoms with Crippen molar-refractivity contribution in [3.05, 3.63) is 29.8 Å². The average molecular weight is 274 g/mol. The molecule has 1 aromatic rings. The van der Waals surface area contributed by atoms with Gasteiger partial charge in [-0.15, -0.1) is 0 Å². The molecule has 1 aromatic carbocycles. The van der Waals surface area contributed by atoms with Crippen LogP contribution in [0.1, 0.15) is 51.5 Å². The zero-order chi connectivity index (χ0) is 14.6. The van der Waals surface area contributed by atoms with Crippen LogP contribution in [0.5, 0.6) is 5.75 Å². The fourth-order valence-electron chi connectivity index (χ4n) is 2.00. The van der Waals surface area contributed by atoms with Crippen LogP contribution in [0.4, 0.5) is 0 Å². The molecule has 2 heteroatoms. The van der Waals surface area contributed by atoms with E-state index in [9.17, 15) is 0 Å². The lowest BCUT2D eigenvalue weighted by Crippen LogP contribution is -2.11. The molecule has 0 aromatic heterocycles. The highest BCUT2D eigenvalue weighted by molar-refractivity contribution is 5.39. The van der Waals surface area contributed by atoms with Gasteiger partial charge in [0.25, 0.3) is 0 Å². The SMILES string of the molecule is CCCCC(CC)COc1cccc(C#CCCO)c1. The third-order valence-corrected chi connectivity index (χ3v) is 3.33. The second kappa shape index (κ2) is 10.3. The molecule has 1 rings (SSSR count). The number of rotatable bonds is 8. The molecule has 2 nitrogen and oxygen atoms in total. The molecule has 1 N–H and O–H groups in total. The maximum absolute atomic E-state index is 8.71. The van der Waals surface area contributed by atoms with Gasteiger partial charge < -0.3 is 9.84 Å². The first kappa shape index (κ1) is 16.6. The van der Waals surface area contributed by atoms with Crippen molar-refractivity contribution in [2.75, 3.05) is 13.2 Å². The Balaban J connectivity index is 2.51. The van der Waals surface area contributed by atoms with Crippen LogP contribution in [0, 0.1) is 17.8 Å². The molecule has 0 saturated carbocycles. The van der Waals surface area contributed by atoms with Gasteiger partial charge in [-0.3, -0.25) is 0 Å². The number of hydrogen-bond donors (Lipinski definition) is 1. The van der Waals surface area contributed by atoms with Crippen LogP contribution >= 0.6 is 0 Å². The van der Waals surface area contributed by atoms with E-state index >= 15 is 0 Å². The molecule has 0 aliphatic rings. The molecule has 0 spiro atoms. The number of hydrogen-bond acceptors (Lipinski definition) is 2. The molecule has 1 unspecified atom stereocenters. The number of unbranched alkanes of at least 4 members (excludes halogenated alkanes) is 1. The fraction of sp³-hybridized carbons (Fsp3) is 0.556. The molecule has 0 heterocycles. The van der Waals surface area contributed by atoms with Gasteiger partial charge in [-0.2, -0.15) is 0 Å². The molecule has 0 saturated heterocycles. The summed E-state index contributed by atoms with van der Waals surface area (Å²) in [5, 5.41) is 8.71. The highest BCUT2D eigenvalue weighted by Crippen LogP contribution is 2.17. The maximum atomic E-state index is 8.71. The van der Waals surface area contributed by atoms with Crippen molar-refractivity contribution in [3.8, 4) is 17.6 Å². The predicted octanol–water partition coefficient (Wildman–Crippen LogP) is 4.02. The average Bonchev–Trinajstić information content (AvgIpc) is 2.48. The summed E-state index contributed by atoms with van der Waals surface area (Å²) in [6, 6.07) is 7.87. The van der Waals surface area contributed by atoms with Crippen molar-refractivity contribution in [2.24, 2.45) is 5.92 Å². The van der Waals surface area contributed by atoms with E-state index in [1.165, 1.54) is 19.3 Å². The van der Waals surface area contributed by atoms with Crippen molar-refractivity contribution in [2.45, 2.75) is 46.0 Å². The summed E-state index contributed by atoms with van der Waals surface area (Å²) in [5.74, 6) is 7.48. The van der Waals surface area contributed by atoms with Crippen molar-refractivity contribution in [1.82, 2.24) is 0 Å². The molecular weight excluding hydrogens is 248 g/mol. The first-order chi connectivity index (χ1) is 9.80. The Hall–Kier alpha value is -1.46. The number of ether oxygens (including phenoxy) is 1. The topological polar surface area (TPSA) is 29.5 Å². The van der Waals surface area contributed by atoms with Gasteiger partial charge >= 0.3 is 0 Å². The molecule has 0 aliphatic carbocycles. The summed E-state index contributed by atoms with van der Waals surface area (Å²) in [6.45, 7) is 5.34. The lowest BCUT2D eigenvalue weighted by Gasteiger charge is -2.15. The van der Waals surface area contributed by atoms with E-state index in [0.717, 1.165) is 24.3 Å². The van der Waals surface area contributed by atoms with E-state index in [1.54, 1.807) is 0 Å². The van der Waals surface area contributed by atoms with Gasteiger partial charge in [0.15, 0.2) is 0 Å². The largest absolute Gasteiger partial charge is 0.493 e. The molecule has 0 amide bonds. The van der Waals surface area contributed by atoms with E-state index in [2.05, 4.69) is 25.7 Å². The normalized spacial score (nSPS) is 11.6. The van der Waals surface area contributed by atoms with E-state index in [0.29, 0.717) is 12.3 Å². The van der Waals surface area contributed by atoms with Crippen LogP contribution in [-0.4, -0.2) is 18.3 Å². The van der Waals surface area contributed by atoms with Gasteiger partial charge in [0.2, 0.25) is 0 Å². The molecule has 0 aliphatic heterocycles. The predicted molar refractivity (Wildman–Crippen MR) is 83.8 cm³/mol. The quantitative estimate of drug-likeness (QED) is 0.726. The Bertz CT molecular complexity index is 429. The standard InChI is InChI=1S/C18H26O2/c1-3-5-9-16(4-2)15-20-18-12-8-11-17(14-18)10-6-7-13-19/h8,11-12,14,16,19H,3-5,7,9,13,15H2,1-2H3. The fourth-order valence-corrected chi connectivity index (χ4v) is 2.00. The number of benzene rings is 1. The summed E-state index contributed by atoms with van der Waals surface area (Å²) < 4.78 is 5.89. The molecule has 0 radical (unpaired) electrons. The van der Waals surface area contributed by atoms with Crippen molar-refractivity contribution >= 4 is 0 Å².